The number of rotatable bonds is 4. The first-order valence-corrected chi connectivity index (χ1v) is 6.50. The van der Waals surface area contributed by atoms with Gasteiger partial charge in [0.05, 0.1) is 0 Å². The second kappa shape index (κ2) is 6.03. The lowest BCUT2D eigenvalue weighted by Crippen LogP contribution is -2.41. The minimum atomic E-state index is 0.192. The maximum absolute atomic E-state index is 9.21. The molecule has 94 valence electrons. The quantitative estimate of drug-likeness (QED) is 0.834. The lowest BCUT2D eigenvalue weighted by molar-refractivity contribution is 0.215. The number of nitrogens with two attached hydrogens (primary N) is 1. The largest absolute Gasteiger partial charge is 0.508 e. The molecule has 0 aromatic heterocycles. The third-order valence-electron chi connectivity index (χ3n) is 3.38. The third-order valence-corrected chi connectivity index (χ3v) is 3.38. The van der Waals surface area contributed by atoms with Gasteiger partial charge in [-0.2, -0.15) is 0 Å². The summed E-state index contributed by atoms with van der Waals surface area (Å²) in [5, 5.41) is 9.21. The summed E-state index contributed by atoms with van der Waals surface area (Å²) in [6, 6.07) is 7.54. The number of hydrogen-bond acceptors (Lipinski definition) is 3. The molecule has 2 rings (SSSR count). The first kappa shape index (κ1) is 12.4. The van der Waals surface area contributed by atoms with Crippen molar-refractivity contribution < 1.29 is 5.11 Å². The van der Waals surface area contributed by atoms with E-state index in [1.165, 1.54) is 37.9 Å². The number of likely N-dealkylation sites (tertiary alicyclic amines) is 1. The Hall–Kier alpha value is -1.06. The second-order valence-electron chi connectivity index (χ2n) is 4.99. The van der Waals surface area contributed by atoms with Crippen LogP contribution in [0.15, 0.2) is 24.3 Å². The van der Waals surface area contributed by atoms with Gasteiger partial charge in [-0.25, -0.2) is 0 Å². The van der Waals surface area contributed by atoms with E-state index in [1.54, 1.807) is 12.1 Å². The number of nitrogens with zero attached hydrogens (tertiary/aromatic N) is 1. The molecule has 1 aliphatic rings. The molecule has 3 nitrogen and oxygen atoms in total. The fraction of sp³-hybridized carbons (Fsp3) is 0.571. The molecule has 1 heterocycles. The first-order valence-electron chi connectivity index (χ1n) is 6.50. The van der Waals surface area contributed by atoms with E-state index in [0.29, 0.717) is 5.75 Å². The van der Waals surface area contributed by atoms with Crippen LogP contribution in [0.2, 0.25) is 0 Å². The van der Waals surface area contributed by atoms with E-state index in [2.05, 4.69) is 4.90 Å². The molecule has 0 spiro atoms. The van der Waals surface area contributed by atoms with Gasteiger partial charge in [-0.15, -0.1) is 0 Å². The van der Waals surface area contributed by atoms with Gasteiger partial charge in [-0.05, 0) is 50.0 Å². The van der Waals surface area contributed by atoms with Gasteiger partial charge < -0.3 is 15.7 Å². The molecule has 1 saturated heterocycles. The maximum Gasteiger partial charge on any atom is 0.115 e. The molecule has 1 aromatic rings. The minimum absolute atomic E-state index is 0.192. The standard InChI is InChI=1S/C14H22N2O/c15-13(11-16-8-2-1-3-9-16)10-12-4-6-14(17)7-5-12/h4-7,13,17H,1-3,8-11,15H2. The second-order valence-corrected chi connectivity index (χ2v) is 4.99. The van der Waals surface area contributed by atoms with Gasteiger partial charge in [0.2, 0.25) is 0 Å². The number of piperidine rings is 1. The lowest BCUT2D eigenvalue weighted by Gasteiger charge is -2.29. The summed E-state index contributed by atoms with van der Waals surface area (Å²) in [6.45, 7) is 3.38. The van der Waals surface area contributed by atoms with Crippen LogP contribution >= 0.6 is 0 Å². The van der Waals surface area contributed by atoms with Crippen LogP contribution in [-0.2, 0) is 6.42 Å². The third kappa shape index (κ3) is 4.02. The zero-order chi connectivity index (χ0) is 12.1. The molecule has 1 aliphatic heterocycles. The zero-order valence-electron chi connectivity index (χ0n) is 10.3. The molecule has 3 heteroatoms. The summed E-state index contributed by atoms with van der Waals surface area (Å²) in [4.78, 5) is 2.47. The molecular weight excluding hydrogens is 212 g/mol. The van der Waals surface area contributed by atoms with E-state index in [0.717, 1.165) is 13.0 Å². The first-order chi connectivity index (χ1) is 8.24. The Morgan fingerprint density at radius 1 is 1.12 bits per heavy atom. The molecule has 1 atom stereocenters. The van der Waals surface area contributed by atoms with Crippen LogP contribution in [-0.4, -0.2) is 35.7 Å². The molecule has 0 aliphatic carbocycles. The zero-order valence-corrected chi connectivity index (χ0v) is 10.3. The van der Waals surface area contributed by atoms with Gasteiger partial charge >= 0.3 is 0 Å². The Labute approximate surface area is 103 Å². The molecule has 0 bridgehead atoms. The molecule has 0 amide bonds. The van der Waals surface area contributed by atoms with E-state index in [4.69, 9.17) is 5.73 Å². The lowest BCUT2D eigenvalue weighted by atomic mass is 10.0. The molecule has 0 saturated carbocycles. The van der Waals surface area contributed by atoms with Crippen LogP contribution in [0.5, 0.6) is 5.75 Å². The van der Waals surface area contributed by atoms with Crippen LogP contribution in [0, 0.1) is 0 Å². The molecule has 1 aromatic carbocycles. The number of benzene rings is 1. The van der Waals surface area contributed by atoms with Crippen molar-refractivity contribution in [3.8, 4) is 5.75 Å². The molecule has 3 N–H and O–H groups in total. The summed E-state index contributed by atoms with van der Waals surface area (Å²) in [7, 11) is 0. The number of hydrogen-bond donors (Lipinski definition) is 2. The van der Waals surface area contributed by atoms with Crippen LogP contribution in [0.3, 0.4) is 0 Å². The summed E-state index contributed by atoms with van der Waals surface area (Å²) >= 11 is 0. The van der Waals surface area contributed by atoms with E-state index in [1.807, 2.05) is 12.1 Å². The summed E-state index contributed by atoms with van der Waals surface area (Å²) < 4.78 is 0. The maximum atomic E-state index is 9.21. The van der Waals surface area contributed by atoms with Gasteiger partial charge in [-0.3, -0.25) is 0 Å². The van der Waals surface area contributed by atoms with Gasteiger partial charge in [0.1, 0.15) is 5.75 Å². The highest BCUT2D eigenvalue weighted by molar-refractivity contribution is 5.26. The van der Waals surface area contributed by atoms with Crippen LogP contribution in [0.25, 0.3) is 0 Å². The highest BCUT2D eigenvalue weighted by Crippen LogP contribution is 2.13. The molecule has 1 unspecified atom stereocenters. The average Bonchev–Trinajstić information content (AvgIpc) is 2.33. The van der Waals surface area contributed by atoms with Crippen molar-refractivity contribution in [3.05, 3.63) is 29.8 Å². The topological polar surface area (TPSA) is 49.5 Å². The van der Waals surface area contributed by atoms with Crippen molar-refractivity contribution in [2.24, 2.45) is 5.73 Å². The van der Waals surface area contributed by atoms with Crippen molar-refractivity contribution in [1.82, 2.24) is 4.90 Å². The number of phenolic OH excluding ortho intramolecular Hbond substituents is 1. The van der Waals surface area contributed by atoms with Crippen molar-refractivity contribution in [1.29, 1.82) is 0 Å². The van der Waals surface area contributed by atoms with Gasteiger partial charge in [0, 0.05) is 12.6 Å². The smallest absolute Gasteiger partial charge is 0.115 e. The normalized spacial score (nSPS) is 19.1. The highest BCUT2D eigenvalue weighted by atomic mass is 16.3. The molecule has 1 fully saturated rings. The summed E-state index contributed by atoms with van der Waals surface area (Å²) in [5.41, 5.74) is 7.37. The Morgan fingerprint density at radius 2 is 1.76 bits per heavy atom. The van der Waals surface area contributed by atoms with Crippen LogP contribution in [0.1, 0.15) is 24.8 Å². The monoisotopic (exact) mass is 234 g/mol. The van der Waals surface area contributed by atoms with Crippen molar-refractivity contribution >= 4 is 0 Å². The van der Waals surface area contributed by atoms with Crippen molar-refractivity contribution in [2.45, 2.75) is 31.7 Å². The molecule has 0 radical (unpaired) electrons. The van der Waals surface area contributed by atoms with E-state index < -0.39 is 0 Å². The number of aromatic hydroxyl groups is 1. The summed E-state index contributed by atoms with van der Waals surface area (Å²) in [5.74, 6) is 0.318. The fourth-order valence-electron chi connectivity index (χ4n) is 2.47. The van der Waals surface area contributed by atoms with Crippen molar-refractivity contribution in [2.75, 3.05) is 19.6 Å². The van der Waals surface area contributed by atoms with Crippen molar-refractivity contribution in [3.63, 3.8) is 0 Å². The Balaban J connectivity index is 1.79. The van der Waals surface area contributed by atoms with E-state index in [-0.39, 0.29) is 6.04 Å². The average molecular weight is 234 g/mol. The van der Waals surface area contributed by atoms with Gasteiger partial charge in [-0.1, -0.05) is 18.6 Å². The Bertz CT molecular complexity index is 331. The molecular formula is C14H22N2O. The van der Waals surface area contributed by atoms with Crippen LogP contribution in [0.4, 0.5) is 0 Å². The number of phenols is 1. The van der Waals surface area contributed by atoms with E-state index >= 15 is 0 Å². The Morgan fingerprint density at radius 3 is 2.41 bits per heavy atom. The van der Waals surface area contributed by atoms with E-state index in [9.17, 15) is 5.11 Å². The van der Waals surface area contributed by atoms with Crippen LogP contribution < -0.4 is 5.73 Å². The summed E-state index contributed by atoms with van der Waals surface area (Å²) in [6.07, 6.45) is 4.87. The molecule has 17 heavy (non-hydrogen) atoms. The predicted octanol–water partition coefficient (Wildman–Crippen LogP) is 1.75. The SMILES string of the molecule is NC(Cc1ccc(O)cc1)CN1CCCCC1. The highest BCUT2D eigenvalue weighted by Gasteiger charge is 2.13. The predicted molar refractivity (Wildman–Crippen MR) is 70.1 cm³/mol. The minimum Gasteiger partial charge on any atom is -0.508 e. The Kier molecular flexibility index (Phi) is 4.40. The van der Waals surface area contributed by atoms with Gasteiger partial charge in [0.25, 0.3) is 0 Å². The van der Waals surface area contributed by atoms with Gasteiger partial charge in [0.15, 0.2) is 0 Å². The fourth-order valence-corrected chi connectivity index (χ4v) is 2.47.